The third kappa shape index (κ3) is 4.85. The Labute approximate surface area is 119 Å². The van der Waals surface area contributed by atoms with Crippen molar-refractivity contribution in [1.82, 2.24) is 15.3 Å². The van der Waals surface area contributed by atoms with E-state index in [4.69, 9.17) is 4.74 Å². The van der Waals surface area contributed by atoms with E-state index in [-0.39, 0.29) is 0 Å². The van der Waals surface area contributed by atoms with Crippen LogP contribution in [-0.2, 0) is 6.54 Å². The molecule has 2 aromatic heterocycles. The average Bonchev–Trinajstić information content (AvgIpc) is 2.52. The Morgan fingerprint density at radius 2 is 2.15 bits per heavy atom. The van der Waals surface area contributed by atoms with E-state index in [2.05, 4.69) is 26.7 Å². The van der Waals surface area contributed by atoms with Gasteiger partial charge in [-0.25, -0.2) is 4.98 Å². The second-order valence-electron chi connectivity index (χ2n) is 4.41. The number of nitrogens with zero attached hydrogens (tertiary/aromatic N) is 2. The molecule has 0 bridgehead atoms. The van der Waals surface area contributed by atoms with Gasteiger partial charge < -0.3 is 15.4 Å². The second-order valence-corrected chi connectivity index (χ2v) is 4.41. The van der Waals surface area contributed by atoms with E-state index < -0.39 is 0 Å². The van der Waals surface area contributed by atoms with E-state index in [1.165, 1.54) is 5.56 Å². The zero-order valence-electron chi connectivity index (χ0n) is 11.7. The molecule has 0 radical (unpaired) electrons. The van der Waals surface area contributed by atoms with Gasteiger partial charge in [-0.1, -0.05) is 6.07 Å². The van der Waals surface area contributed by atoms with Crippen LogP contribution >= 0.6 is 0 Å². The Morgan fingerprint density at radius 1 is 1.20 bits per heavy atom. The fraction of sp³-hybridized carbons (Fsp3) is 0.333. The van der Waals surface area contributed by atoms with Gasteiger partial charge in [0.1, 0.15) is 0 Å². The normalized spacial score (nSPS) is 10.2. The van der Waals surface area contributed by atoms with Crippen molar-refractivity contribution in [3.05, 3.63) is 48.4 Å². The van der Waals surface area contributed by atoms with Crippen molar-refractivity contribution >= 4 is 5.69 Å². The third-order valence-electron chi connectivity index (χ3n) is 2.86. The fourth-order valence-electron chi connectivity index (χ4n) is 1.81. The summed E-state index contributed by atoms with van der Waals surface area (Å²) in [5.41, 5.74) is 2.24. The zero-order chi connectivity index (χ0) is 14.0. The van der Waals surface area contributed by atoms with Crippen LogP contribution in [0.2, 0.25) is 0 Å². The van der Waals surface area contributed by atoms with Gasteiger partial charge in [0, 0.05) is 43.4 Å². The van der Waals surface area contributed by atoms with Gasteiger partial charge in [0.2, 0.25) is 5.88 Å². The number of nitrogens with one attached hydrogen (secondary N) is 2. The van der Waals surface area contributed by atoms with Gasteiger partial charge in [0.15, 0.2) is 0 Å². The second kappa shape index (κ2) is 8.12. The fourth-order valence-corrected chi connectivity index (χ4v) is 1.81. The highest BCUT2D eigenvalue weighted by atomic mass is 16.5. The zero-order valence-corrected chi connectivity index (χ0v) is 11.7. The smallest absolute Gasteiger partial charge is 0.214 e. The molecule has 0 saturated heterocycles. The molecule has 0 aliphatic heterocycles. The molecule has 0 atom stereocenters. The van der Waals surface area contributed by atoms with Crippen molar-refractivity contribution in [1.29, 1.82) is 0 Å². The summed E-state index contributed by atoms with van der Waals surface area (Å²) in [4.78, 5) is 8.15. The van der Waals surface area contributed by atoms with Crippen LogP contribution < -0.4 is 15.4 Å². The summed E-state index contributed by atoms with van der Waals surface area (Å²) >= 11 is 0. The Hall–Kier alpha value is -2.14. The van der Waals surface area contributed by atoms with Crippen LogP contribution in [0.5, 0.6) is 5.88 Å². The number of anilines is 1. The van der Waals surface area contributed by atoms with Gasteiger partial charge in [-0.2, -0.15) is 0 Å². The van der Waals surface area contributed by atoms with Crippen LogP contribution in [0.4, 0.5) is 5.69 Å². The van der Waals surface area contributed by atoms with E-state index >= 15 is 0 Å². The van der Waals surface area contributed by atoms with Crippen LogP contribution in [0.15, 0.2) is 42.9 Å². The van der Waals surface area contributed by atoms with Gasteiger partial charge >= 0.3 is 0 Å². The molecule has 106 valence electrons. The van der Waals surface area contributed by atoms with Crippen molar-refractivity contribution in [3.8, 4) is 5.88 Å². The number of aromatic nitrogens is 2. The molecular formula is C15H20N4O. The van der Waals surface area contributed by atoms with E-state index in [0.717, 1.165) is 31.7 Å². The molecule has 0 fully saturated rings. The molecule has 0 aromatic carbocycles. The maximum atomic E-state index is 5.08. The number of ether oxygens (including phenoxy) is 1. The molecule has 2 heterocycles. The first-order valence-electron chi connectivity index (χ1n) is 6.72. The molecule has 0 aliphatic rings. The largest absolute Gasteiger partial charge is 0.481 e. The summed E-state index contributed by atoms with van der Waals surface area (Å²) in [6, 6.07) is 7.85. The molecule has 5 heteroatoms. The molecular weight excluding hydrogens is 252 g/mol. The van der Waals surface area contributed by atoms with E-state index in [1.807, 2.05) is 24.4 Å². The van der Waals surface area contributed by atoms with E-state index in [9.17, 15) is 0 Å². The van der Waals surface area contributed by atoms with Crippen molar-refractivity contribution in [2.75, 3.05) is 25.5 Å². The quantitative estimate of drug-likeness (QED) is 0.720. The van der Waals surface area contributed by atoms with Crippen molar-refractivity contribution < 1.29 is 4.74 Å². The van der Waals surface area contributed by atoms with Gasteiger partial charge in [0.05, 0.1) is 7.11 Å². The first kappa shape index (κ1) is 14.3. The summed E-state index contributed by atoms with van der Waals surface area (Å²) in [6.07, 6.45) is 6.46. The van der Waals surface area contributed by atoms with Crippen LogP contribution in [-0.4, -0.2) is 30.2 Å². The van der Waals surface area contributed by atoms with E-state index in [1.54, 1.807) is 19.5 Å². The molecule has 0 unspecified atom stereocenters. The molecule has 0 aliphatic carbocycles. The maximum absolute atomic E-state index is 5.08. The summed E-state index contributed by atoms with van der Waals surface area (Å²) < 4.78 is 5.08. The summed E-state index contributed by atoms with van der Waals surface area (Å²) in [5, 5.41) is 6.74. The lowest BCUT2D eigenvalue weighted by Gasteiger charge is -2.08. The predicted octanol–water partition coefficient (Wildman–Crippen LogP) is 2.08. The van der Waals surface area contributed by atoms with Gasteiger partial charge in [-0.05, 0) is 30.7 Å². The molecule has 20 heavy (non-hydrogen) atoms. The number of pyridine rings is 2. The lowest BCUT2D eigenvalue weighted by Crippen LogP contribution is -2.17. The highest BCUT2D eigenvalue weighted by Crippen LogP contribution is 2.12. The maximum Gasteiger partial charge on any atom is 0.214 e. The summed E-state index contributed by atoms with van der Waals surface area (Å²) in [7, 11) is 1.62. The standard InChI is InChI=1S/C15H20N4O/c1-20-15-10-14(5-9-19-15)18-8-3-7-17-12-13-4-2-6-16-11-13/h2,4-6,9-11,17H,3,7-8,12H2,1H3,(H,18,19). The third-order valence-corrected chi connectivity index (χ3v) is 2.86. The monoisotopic (exact) mass is 272 g/mol. The number of hydrogen-bond acceptors (Lipinski definition) is 5. The topological polar surface area (TPSA) is 59.1 Å². The Kier molecular flexibility index (Phi) is 5.79. The highest BCUT2D eigenvalue weighted by molar-refractivity contribution is 5.44. The number of rotatable bonds is 8. The Morgan fingerprint density at radius 3 is 2.95 bits per heavy atom. The predicted molar refractivity (Wildman–Crippen MR) is 79.8 cm³/mol. The van der Waals surface area contributed by atoms with Crippen molar-refractivity contribution in [2.24, 2.45) is 0 Å². The number of methoxy groups -OCH3 is 1. The molecule has 0 spiro atoms. The van der Waals surface area contributed by atoms with Crippen LogP contribution in [0.25, 0.3) is 0 Å². The first-order valence-corrected chi connectivity index (χ1v) is 6.72. The van der Waals surface area contributed by atoms with Gasteiger partial charge in [-0.3, -0.25) is 4.98 Å². The molecule has 2 rings (SSSR count). The molecule has 5 nitrogen and oxygen atoms in total. The minimum absolute atomic E-state index is 0.629. The van der Waals surface area contributed by atoms with Gasteiger partial charge in [0.25, 0.3) is 0 Å². The lowest BCUT2D eigenvalue weighted by molar-refractivity contribution is 0.398. The minimum Gasteiger partial charge on any atom is -0.481 e. The Balaban J connectivity index is 1.59. The molecule has 2 aromatic rings. The van der Waals surface area contributed by atoms with Crippen molar-refractivity contribution in [3.63, 3.8) is 0 Å². The molecule has 2 N–H and O–H groups in total. The van der Waals surface area contributed by atoms with Crippen molar-refractivity contribution in [2.45, 2.75) is 13.0 Å². The summed E-state index contributed by atoms with van der Waals surface area (Å²) in [5.74, 6) is 0.629. The SMILES string of the molecule is COc1cc(NCCCNCc2cccnc2)ccn1. The minimum atomic E-state index is 0.629. The van der Waals surface area contributed by atoms with Crippen LogP contribution in [0.1, 0.15) is 12.0 Å². The van der Waals surface area contributed by atoms with Crippen LogP contribution in [0, 0.1) is 0 Å². The van der Waals surface area contributed by atoms with Crippen LogP contribution in [0.3, 0.4) is 0 Å². The summed E-state index contributed by atoms with van der Waals surface area (Å²) in [6.45, 7) is 2.73. The number of hydrogen-bond donors (Lipinski definition) is 2. The first-order chi connectivity index (χ1) is 9.88. The van der Waals surface area contributed by atoms with E-state index in [0.29, 0.717) is 5.88 Å². The Bertz CT molecular complexity index is 504. The average molecular weight is 272 g/mol. The molecule has 0 saturated carbocycles. The van der Waals surface area contributed by atoms with Gasteiger partial charge in [-0.15, -0.1) is 0 Å². The lowest BCUT2D eigenvalue weighted by atomic mass is 10.3. The highest BCUT2D eigenvalue weighted by Gasteiger charge is 1.96. The molecule has 0 amide bonds.